The molecule has 0 atom stereocenters. The average molecular weight is 638 g/mol. The van der Waals surface area contributed by atoms with Crippen LogP contribution in [0.15, 0.2) is 36.4 Å². The van der Waals surface area contributed by atoms with Crippen molar-refractivity contribution in [2.75, 3.05) is 13.2 Å². The van der Waals surface area contributed by atoms with Crippen molar-refractivity contribution in [3.63, 3.8) is 0 Å². The Balaban J connectivity index is 2.07. The molecule has 2 aromatic heterocycles. The summed E-state index contributed by atoms with van der Waals surface area (Å²) >= 11 is 8.33. The van der Waals surface area contributed by atoms with Gasteiger partial charge in [-0.1, -0.05) is 26.7 Å². The van der Waals surface area contributed by atoms with Crippen molar-refractivity contribution in [3.05, 3.63) is 42.2 Å². The van der Waals surface area contributed by atoms with Gasteiger partial charge in [0.05, 0.1) is 19.0 Å². The van der Waals surface area contributed by atoms with Crippen LogP contribution in [0.25, 0.3) is 20.9 Å². The Morgan fingerprint density at radius 3 is 1.46 bits per heavy atom. The van der Waals surface area contributed by atoms with E-state index in [2.05, 4.69) is 95.4 Å². The molecule has 150 valence electrons. The zero-order valence-corrected chi connectivity index (χ0v) is 22.0. The van der Waals surface area contributed by atoms with Gasteiger partial charge < -0.3 is 9.47 Å². The fourth-order valence-corrected chi connectivity index (χ4v) is 6.04. The first kappa shape index (κ1) is 22.4. The fourth-order valence-electron chi connectivity index (χ4n) is 2.75. The largest absolute Gasteiger partial charge is 0.493 e. The average Bonchev–Trinajstić information content (AvgIpc) is 3.31. The monoisotopic (exact) mass is 638 g/mol. The van der Waals surface area contributed by atoms with Gasteiger partial charge in [0.2, 0.25) is 0 Å². The van der Waals surface area contributed by atoms with Crippen molar-refractivity contribution in [2.24, 2.45) is 0 Å². The molecule has 0 spiro atoms. The van der Waals surface area contributed by atoms with E-state index in [1.54, 1.807) is 22.7 Å². The number of hydrogen-bond acceptors (Lipinski definition) is 4. The molecular formula is C22H24I2O2S2. The van der Waals surface area contributed by atoms with E-state index in [1.165, 1.54) is 15.5 Å². The van der Waals surface area contributed by atoms with E-state index in [0.29, 0.717) is 0 Å². The standard InChI is InChI=1S/C22H24I2O2S2/c1-3-5-11-25-17-13-16(20-8-10-22(24)28-20)18(26-12-6-4-2)14-15(17)19-7-9-21(23)27-19/h7-10,13-14H,3-6,11-12H2,1-2H3. The number of thiophene rings is 2. The zero-order chi connectivity index (χ0) is 19.9. The number of unbranched alkanes of at least 4 members (excludes halogenated alkanes) is 2. The first-order chi connectivity index (χ1) is 13.6. The highest BCUT2D eigenvalue weighted by molar-refractivity contribution is 14.1. The van der Waals surface area contributed by atoms with Gasteiger partial charge >= 0.3 is 0 Å². The molecule has 3 aromatic rings. The predicted octanol–water partition coefficient (Wildman–Crippen LogP) is 8.71. The van der Waals surface area contributed by atoms with Crippen LogP contribution in [-0.4, -0.2) is 13.2 Å². The molecule has 0 aliphatic carbocycles. The number of halogens is 2. The third-order valence-electron chi connectivity index (χ3n) is 4.27. The highest BCUT2D eigenvalue weighted by Gasteiger charge is 2.17. The van der Waals surface area contributed by atoms with Gasteiger partial charge in [-0.15, -0.1) is 22.7 Å². The van der Waals surface area contributed by atoms with Crippen molar-refractivity contribution in [1.82, 2.24) is 0 Å². The van der Waals surface area contributed by atoms with Crippen LogP contribution in [0.5, 0.6) is 11.5 Å². The van der Waals surface area contributed by atoms with E-state index < -0.39 is 0 Å². The minimum Gasteiger partial charge on any atom is -0.493 e. The van der Waals surface area contributed by atoms with Crippen LogP contribution >= 0.6 is 67.9 Å². The second-order valence-electron chi connectivity index (χ2n) is 6.46. The molecule has 0 unspecified atom stereocenters. The summed E-state index contributed by atoms with van der Waals surface area (Å²) in [4.78, 5) is 2.45. The minimum absolute atomic E-state index is 0.740. The molecule has 2 nitrogen and oxygen atoms in total. The van der Waals surface area contributed by atoms with Gasteiger partial charge in [-0.05, 0) is 94.4 Å². The van der Waals surface area contributed by atoms with Crippen LogP contribution in [0.3, 0.4) is 0 Å². The Morgan fingerprint density at radius 1 is 0.714 bits per heavy atom. The molecule has 0 fully saturated rings. The van der Waals surface area contributed by atoms with Crippen LogP contribution in [0.2, 0.25) is 0 Å². The quantitative estimate of drug-likeness (QED) is 0.164. The molecule has 0 amide bonds. The molecule has 0 aliphatic rings. The van der Waals surface area contributed by atoms with Crippen molar-refractivity contribution < 1.29 is 9.47 Å². The Kier molecular flexibility index (Phi) is 8.93. The Hall–Kier alpha value is -0.320. The number of benzene rings is 1. The highest BCUT2D eigenvalue weighted by Crippen LogP contribution is 2.45. The van der Waals surface area contributed by atoms with E-state index >= 15 is 0 Å². The third-order valence-corrected chi connectivity index (χ3v) is 8.12. The van der Waals surface area contributed by atoms with Crippen molar-refractivity contribution in [3.8, 4) is 32.4 Å². The molecule has 28 heavy (non-hydrogen) atoms. The van der Waals surface area contributed by atoms with E-state index in [4.69, 9.17) is 9.47 Å². The van der Waals surface area contributed by atoms with Crippen LogP contribution in [0, 0.1) is 5.77 Å². The van der Waals surface area contributed by atoms with E-state index in [9.17, 15) is 0 Å². The highest BCUT2D eigenvalue weighted by atomic mass is 127. The van der Waals surface area contributed by atoms with Gasteiger partial charge in [-0.3, -0.25) is 0 Å². The summed E-state index contributed by atoms with van der Waals surface area (Å²) in [6.45, 7) is 5.86. The number of ether oxygens (including phenoxy) is 2. The van der Waals surface area contributed by atoms with Crippen LogP contribution < -0.4 is 9.47 Å². The fraction of sp³-hybridized carbons (Fsp3) is 0.364. The summed E-state index contributed by atoms with van der Waals surface area (Å²) in [5, 5.41) is 0. The molecule has 2 heterocycles. The summed E-state index contributed by atoms with van der Waals surface area (Å²) < 4.78 is 15.0. The second kappa shape index (κ2) is 11.2. The van der Waals surface area contributed by atoms with E-state index in [0.717, 1.165) is 61.5 Å². The van der Waals surface area contributed by atoms with Crippen LogP contribution in [0.1, 0.15) is 39.5 Å². The van der Waals surface area contributed by atoms with Crippen LogP contribution in [-0.2, 0) is 0 Å². The first-order valence-electron chi connectivity index (χ1n) is 9.57. The predicted molar refractivity (Wildman–Crippen MR) is 139 cm³/mol. The number of rotatable bonds is 10. The lowest BCUT2D eigenvalue weighted by molar-refractivity contribution is 0.303. The summed E-state index contributed by atoms with van der Waals surface area (Å²) in [7, 11) is 0. The van der Waals surface area contributed by atoms with E-state index in [1.807, 2.05) is 0 Å². The van der Waals surface area contributed by atoms with Crippen molar-refractivity contribution in [2.45, 2.75) is 39.5 Å². The molecule has 0 bridgehead atoms. The Bertz CT molecular complexity index is 828. The summed E-state index contributed by atoms with van der Waals surface area (Å²) in [5.41, 5.74) is 2.26. The summed E-state index contributed by atoms with van der Waals surface area (Å²) in [6, 6.07) is 13.0. The number of hydrogen-bond donors (Lipinski definition) is 0. The lowest BCUT2D eigenvalue weighted by Gasteiger charge is -2.17. The molecule has 0 radical (unpaired) electrons. The van der Waals surface area contributed by atoms with Gasteiger partial charge in [-0.25, -0.2) is 0 Å². The van der Waals surface area contributed by atoms with Gasteiger partial charge in [-0.2, -0.15) is 0 Å². The summed E-state index contributed by atoms with van der Waals surface area (Å²) in [6.07, 6.45) is 4.37. The normalized spacial score (nSPS) is 11.0. The second-order valence-corrected chi connectivity index (χ2v) is 12.4. The minimum atomic E-state index is 0.740. The topological polar surface area (TPSA) is 18.5 Å². The molecule has 0 N–H and O–H groups in total. The van der Waals surface area contributed by atoms with Crippen molar-refractivity contribution >= 4 is 67.9 Å². The molecule has 0 aliphatic heterocycles. The molecule has 0 saturated heterocycles. The third kappa shape index (κ3) is 5.86. The Labute approximate surface area is 202 Å². The van der Waals surface area contributed by atoms with Gasteiger partial charge in [0.1, 0.15) is 11.5 Å². The maximum atomic E-state index is 6.24. The summed E-state index contributed by atoms with van der Waals surface area (Å²) in [5.74, 6) is 1.90. The van der Waals surface area contributed by atoms with Gasteiger partial charge in [0, 0.05) is 20.9 Å². The van der Waals surface area contributed by atoms with Gasteiger partial charge in [0.25, 0.3) is 0 Å². The molecule has 3 rings (SSSR count). The maximum absolute atomic E-state index is 6.24. The first-order valence-corrected chi connectivity index (χ1v) is 13.4. The SMILES string of the molecule is CCCCOc1cc(-c2ccc(I)s2)c(OCCCC)cc1-c1ccc(I)s1. The van der Waals surface area contributed by atoms with E-state index in [-0.39, 0.29) is 0 Å². The molecule has 0 saturated carbocycles. The maximum Gasteiger partial charge on any atom is 0.128 e. The smallest absolute Gasteiger partial charge is 0.128 e. The van der Waals surface area contributed by atoms with Crippen molar-refractivity contribution in [1.29, 1.82) is 0 Å². The van der Waals surface area contributed by atoms with Gasteiger partial charge in [0.15, 0.2) is 0 Å². The molecular weight excluding hydrogens is 614 g/mol. The lowest BCUT2D eigenvalue weighted by Crippen LogP contribution is -2.02. The Morgan fingerprint density at radius 2 is 1.14 bits per heavy atom. The molecule has 6 heteroatoms. The zero-order valence-electron chi connectivity index (χ0n) is 16.1. The lowest BCUT2D eigenvalue weighted by atomic mass is 10.1. The van der Waals surface area contributed by atoms with Crippen LogP contribution in [0.4, 0.5) is 0 Å². The molecule has 1 aromatic carbocycles.